The highest BCUT2D eigenvalue weighted by Crippen LogP contribution is 2.20. The van der Waals surface area contributed by atoms with Crippen LogP contribution in [-0.2, 0) is 4.79 Å². The number of nitrogens with one attached hydrogen (secondary N) is 1. The molecule has 0 aliphatic rings. The maximum atomic E-state index is 12.3. The van der Waals surface area contributed by atoms with Gasteiger partial charge >= 0.3 is 12.0 Å². The summed E-state index contributed by atoms with van der Waals surface area (Å²) in [5.41, 5.74) is -0.586. The number of carboxylic acid groups (broad SMARTS) is 1. The second-order valence-electron chi connectivity index (χ2n) is 4.78. The fourth-order valence-corrected chi connectivity index (χ4v) is 1.99. The molecule has 0 saturated carbocycles. The molecule has 1 aromatic rings. The first-order chi connectivity index (χ1) is 9.90. The number of carbonyl (C=O) groups is 2. The number of amides is 2. The van der Waals surface area contributed by atoms with Gasteiger partial charge in [-0.05, 0) is 37.1 Å². The SMILES string of the molecule is CCC(CC)(NC(=O)N(C)c1ccc(OC)cc1)C(=O)O. The summed E-state index contributed by atoms with van der Waals surface area (Å²) in [6, 6.07) is 6.50. The van der Waals surface area contributed by atoms with Crippen LogP contribution in [0.25, 0.3) is 0 Å². The Morgan fingerprint density at radius 1 is 1.24 bits per heavy atom. The first kappa shape index (κ1) is 16.8. The molecule has 0 aromatic heterocycles. The zero-order valence-corrected chi connectivity index (χ0v) is 12.8. The normalized spacial score (nSPS) is 10.9. The maximum absolute atomic E-state index is 12.3. The van der Waals surface area contributed by atoms with Gasteiger partial charge in [0.15, 0.2) is 0 Å². The molecule has 116 valence electrons. The minimum absolute atomic E-state index is 0.320. The summed E-state index contributed by atoms with van der Waals surface area (Å²) in [6.45, 7) is 3.48. The van der Waals surface area contributed by atoms with Crippen molar-refractivity contribution in [2.24, 2.45) is 0 Å². The molecule has 0 aliphatic carbocycles. The van der Waals surface area contributed by atoms with Gasteiger partial charge in [-0.25, -0.2) is 9.59 Å². The van der Waals surface area contributed by atoms with E-state index >= 15 is 0 Å². The van der Waals surface area contributed by atoms with Crippen LogP contribution in [-0.4, -0.2) is 36.8 Å². The molecule has 1 rings (SSSR count). The summed E-state index contributed by atoms with van der Waals surface area (Å²) in [5, 5.41) is 12.0. The molecule has 0 spiro atoms. The molecule has 1 aromatic carbocycles. The Balaban J connectivity index is 2.88. The van der Waals surface area contributed by atoms with E-state index in [0.29, 0.717) is 24.3 Å². The van der Waals surface area contributed by atoms with Crippen molar-refractivity contribution in [3.05, 3.63) is 24.3 Å². The first-order valence-electron chi connectivity index (χ1n) is 6.83. The Morgan fingerprint density at radius 2 is 1.76 bits per heavy atom. The van der Waals surface area contributed by atoms with E-state index in [2.05, 4.69) is 5.32 Å². The summed E-state index contributed by atoms with van der Waals surface area (Å²) < 4.78 is 5.06. The molecule has 2 N–H and O–H groups in total. The summed E-state index contributed by atoms with van der Waals surface area (Å²) in [4.78, 5) is 25.0. The van der Waals surface area contributed by atoms with Gasteiger partial charge in [0.25, 0.3) is 0 Å². The van der Waals surface area contributed by atoms with E-state index in [4.69, 9.17) is 4.74 Å². The van der Waals surface area contributed by atoms with Gasteiger partial charge in [-0.15, -0.1) is 0 Å². The third kappa shape index (κ3) is 3.65. The van der Waals surface area contributed by atoms with Gasteiger partial charge in [0.05, 0.1) is 7.11 Å². The second-order valence-corrected chi connectivity index (χ2v) is 4.78. The lowest BCUT2D eigenvalue weighted by molar-refractivity contribution is -0.144. The first-order valence-corrected chi connectivity index (χ1v) is 6.83. The van der Waals surface area contributed by atoms with E-state index < -0.39 is 17.5 Å². The van der Waals surface area contributed by atoms with Crippen LogP contribution in [0.3, 0.4) is 0 Å². The number of carbonyl (C=O) groups excluding carboxylic acids is 1. The number of hydrogen-bond acceptors (Lipinski definition) is 3. The van der Waals surface area contributed by atoms with E-state index in [-0.39, 0.29) is 0 Å². The lowest BCUT2D eigenvalue weighted by atomic mass is 9.93. The summed E-state index contributed by atoms with van der Waals surface area (Å²) in [5.74, 6) is -0.335. The number of methoxy groups -OCH3 is 1. The molecule has 0 heterocycles. The smallest absolute Gasteiger partial charge is 0.329 e. The molecule has 6 nitrogen and oxygen atoms in total. The fourth-order valence-electron chi connectivity index (χ4n) is 1.99. The van der Waals surface area contributed by atoms with Crippen molar-refractivity contribution >= 4 is 17.7 Å². The van der Waals surface area contributed by atoms with E-state index in [1.807, 2.05) is 0 Å². The van der Waals surface area contributed by atoms with E-state index in [9.17, 15) is 14.7 Å². The monoisotopic (exact) mass is 294 g/mol. The molecule has 0 aliphatic heterocycles. The Bertz CT molecular complexity index is 495. The molecule has 0 atom stereocenters. The van der Waals surface area contributed by atoms with Crippen LogP contribution in [0.4, 0.5) is 10.5 Å². The predicted molar refractivity (Wildman–Crippen MR) is 80.9 cm³/mol. The van der Waals surface area contributed by atoms with Gasteiger partial charge in [0.2, 0.25) is 0 Å². The minimum Gasteiger partial charge on any atom is -0.497 e. The molecule has 6 heteroatoms. The Kier molecular flexibility index (Phi) is 5.58. The summed E-state index contributed by atoms with van der Waals surface area (Å²) >= 11 is 0. The van der Waals surface area contributed by atoms with Crippen molar-refractivity contribution in [2.75, 3.05) is 19.1 Å². The van der Waals surface area contributed by atoms with Gasteiger partial charge < -0.3 is 15.2 Å². The second kappa shape index (κ2) is 6.97. The van der Waals surface area contributed by atoms with Gasteiger partial charge in [0, 0.05) is 12.7 Å². The summed E-state index contributed by atoms with van der Waals surface area (Å²) in [7, 11) is 3.16. The Hall–Kier alpha value is -2.24. The van der Waals surface area contributed by atoms with Crippen LogP contribution < -0.4 is 15.0 Å². The molecular formula is C15H22N2O4. The zero-order chi connectivity index (χ0) is 16.0. The van der Waals surface area contributed by atoms with Crippen LogP contribution >= 0.6 is 0 Å². The molecule has 0 unspecified atom stereocenters. The molecule has 0 saturated heterocycles. The molecule has 0 fully saturated rings. The number of urea groups is 1. The average molecular weight is 294 g/mol. The molecular weight excluding hydrogens is 272 g/mol. The highest BCUT2D eigenvalue weighted by atomic mass is 16.5. The van der Waals surface area contributed by atoms with Gasteiger partial charge in [-0.3, -0.25) is 4.90 Å². The average Bonchev–Trinajstić information content (AvgIpc) is 2.51. The number of carboxylic acids is 1. The number of rotatable bonds is 6. The number of aliphatic carboxylic acids is 1. The van der Waals surface area contributed by atoms with Gasteiger partial charge in [-0.1, -0.05) is 13.8 Å². The topological polar surface area (TPSA) is 78.9 Å². The number of nitrogens with zero attached hydrogens (tertiary/aromatic N) is 1. The zero-order valence-electron chi connectivity index (χ0n) is 12.8. The van der Waals surface area contributed by atoms with Crippen molar-refractivity contribution in [1.82, 2.24) is 5.32 Å². The van der Waals surface area contributed by atoms with Crippen LogP contribution in [0.5, 0.6) is 5.75 Å². The Morgan fingerprint density at radius 3 is 2.14 bits per heavy atom. The van der Waals surface area contributed by atoms with E-state index in [0.717, 1.165) is 0 Å². The standard InChI is InChI=1S/C15H22N2O4/c1-5-15(6-2,13(18)19)16-14(20)17(3)11-7-9-12(21-4)10-8-11/h7-10H,5-6H2,1-4H3,(H,16,20)(H,18,19). The third-order valence-electron chi connectivity index (χ3n) is 3.73. The lowest BCUT2D eigenvalue weighted by Gasteiger charge is -2.30. The third-order valence-corrected chi connectivity index (χ3v) is 3.73. The van der Waals surface area contributed by atoms with Gasteiger partial charge in [0.1, 0.15) is 11.3 Å². The molecule has 0 radical (unpaired) electrons. The number of anilines is 1. The predicted octanol–water partition coefficient (Wildman–Crippen LogP) is 2.48. The van der Waals surface area contributed by atoms with Crippen LogP contribution in [0.15, 0.2) is 24.3 Å². The Labute approximate surface area is 124 Å². The van der Waals surface area contributed by atoms with Crippen LogP contribution in [0.2, 0.25) is 0 Å². The van der Waals surface area contributed by atoms with Crippen molar-refractivity contribution in [3.8, 4) is 5.75 Å². The number of ether oxygens (including phenoxy) is 1. The van der Waals surface area contributed by atoms with Crippen molar-refractivity contribution in [2.45, 2.75) is 32.2 Å². The van der Waals surface area contributed by atoms with Crippen LogP contribution in [0, 0.1) is 0 Å². The van der Waals surface area contributed by atoms with Crippen molar-refractivity contribution in [1.29, 1.82) is 0 Å². The van der Waals surface area contributed by atoms with Crippen molar-refractivity contribution in [3.63, 3.8) is 0 Å². The molecule has 2 amide bonds. The molecule has 0 bridgehead atoms. The van der Waals surface area contributed by atoms with Crippen LogP contribution in [0.1, 0.15) is 26.7 Å². The maximum Gasteiger partial charge on any atom is 0.329 e. The lowest BCUT2D eigenvalue weighted by Crippen LogP contribution is -2.56. The number of hydrogen-bond donors (Lipinski definition) is 2. The highest BCUT2D eigenvalue weighted by Gasteiger charge is 2.37. The largest absolute Gasteiger partial charge is 0.497 e. The summed E-state index contributed by atoms with van der Waals surface area (Å²) in [6.07, 6.45) is 0.641. The van der Waals surface area contributed by atoms with Gasteiger partial charge in [-0.2, -0.15) is 0 Å². The van der Waals surface area contributed by atoms with Crippen molar-refractivity contribution < 1.29 is 19.4 Å². The quantitative estimate of drug-likeness (QED) is 0.845. The van der Waals surface area contributed by atoms with E-state index in [1.165, 1.54) is 4.90 Å². The highest BCUT2D eigenvalue weighted by molar-refractivity contribution is 5.95. The number of benzene rings is 1. The molecule has 21 heavy (non-hydrogen) atoms. The van der Waals surface area contributed by atoms with E-state index in [1.54, 1.807) is 52.3 Å². The fraction of sp³-hybridized carbons (Fsp3) is 0.467. The minimum atomic E-state index is -1.24.